The molecule has 0 amide bonds. The molecule has 0 aromatic heterocycles. The predicted octanol–water partition coefficient (Wildman–Crippen LogP) is -3.73. The van der Waals surface area contributed by atoms with E-state index in [0.717, 1.165) is 0 Å². The number of alkyl halides is 5. The van der Waals surface area contributed by atoms with Gasteiger partial charge in [-0.2, -0.15) is 0 Å². The normalized spacial score (nSPS) is 11.6. The number of esters is 2. The van der Waals surface area contributed by atoms with Gasteiger partial charge in [0.2, 0.25) is 0 Å². The van der Waals surface area contributed by atoms with Crippen LogP contribution in [0.1, 0.15) is 144 Å². The standard InChI is InChI=1S/2C7H13ClO3.C7H11ClO3.C6H11ClO3.C6H9ClO3.C5H12.C3H6O.C3H8.2B.Li.2Na.2H/c3*1-5(9)2-6(10)3-7(11)4-8;2*1-2-10-6(9)3-5(8)4-7;1-5(2,3)4;1-3(2)4;1-3-2;;;;;;;/h2*6-7,10-11H,2-4H2,1H3;7,11H,2-4H2,1H3;5,8H,2-4H2,1H3;2-4H2,1H3;1-4H3;4H,1H2,2H3;3H2,1-2H3;;;;;;;/q;;;;;;;;;;3*+1;2*-1/p-1/t6-,7+;6-,7-;;;;;;;;;;;;;/m10............./s1. The topological polar surface area (TPSA) is 282 Å². The predicted molar refractivity (Wildman–Crippen MR) is 272 cm³/mol. The summed E-state index contributed by atoms with van der Waals surface area (Å²) < 4.78 is 9.05. The number of ketones is 5. The van der Waals surface area contributed by atoms with Crippen LogP contribution in [-0.4, -0.2) is 168 Å². The molecule has 70 heavy (non-hydrogen) atoms. The maximum atomic E-state index is 10.8. The quantitative estimate of drug-likeness (QED) is 0.0189. The molecule has 400 valence electrons. The molecule has 0 spiro atoms. The fourth-order valence-electron chi connectivity index (χ4n) is 3.14. The van der Waals surface area contributed by atoms with E-state index in [0.29, 0.717) is 18.6 Å². The number of Topliss-reactive ketones (excluding diaryl/α,β-unsaturated/α-hetero) is 5. The van der Waals surface area contributed by atoms with Crippen molar-refractivity contribution < 1.29 is 160 Å². The van der Waals surface area contributed by atoms with Crippen molar-refractivity contribution >= 4 is 116 Å². The Morgan fingerprint density at radius 1 is 0.529 bits per heavy atom. The van der Waals surface area contributed by atoms with Gasteiger partial charge < -0.3 is 48.1 Å². The van der Waals surface area contributed by atoms with Crippen molar-refractivity contribution in [1.82, 2.24) is 0 Å². The zero-order valence-electron chi connectivity index (χ0n) is 46.8. The number of hydrogen-bond acceptors (Lipinski definition) is 16. The summed E-state index contributed by atoms with van der Waals surface area (Å²) >= 11 is 26.2. The van der Waals surface area contributed by atoms with E-state index in [-0.39, 0.29) is 213 Å². The summed E-state index contributed by atoms with van der Waals surface area (Å²) in [6, 6.07) is 0. The molecular formula is C44H84B2Cl5LiNa2O16. The van der Waals surface area contributed by atoms with Gasteiger partial charge in [-0.1, -0.05) is 54.9 Å². The molecule has 26 heteroatoms. The van der Waals surface area contributed by atoms with Gasteiger partial charge in [-0.3, -0.25) is 33.6 Å². The van der Waals surface area contributed by atoms with Gasteiger partial charge in [0.05, 0.1) is 68.6 Å². The maximum Gasteiger partial charge on any atom is 1.00 e. The van der Waals surface area contributed by atoms with Crippen molar-refractivity contribution in [2.45, 2.75) is 177 Å². The van der Waals surface area contributed by atoms with Crippen molar-refractivity contribution in [3.63, 3.8) is 0 Å². The number of carbonyl (C=O) groups is 7. The van der Waals surface area contributed by atoms with Crippen LogP contribution >= 0.6 is 58.0 Å². The number of aliphatic hydroxyl groups is 6. The minimum absolute atomic E-state index is 0. The summed E-state index contributed by atoms with van der Waals surface area (Å²) in [6.45, 7) is 25.6. The maximum absolute atomic E-state index is 10.8. The van der Waals surface area contributed by atoms with Gasteiger partial charge in [0.1, 0.15) is 29.6 Å². The Bertz CT molecular complexity index is 1210. The first-order valence-electron chi connectivity index (χ1n) is 20.8. The zero-order valence-corrected chi connectivity index (χ0v) is 52.6. The van der Waals surface area contributed by atoms with Crippen LogP contribution in [0.3, 0.4) is 0 Å². The van der Waals surface area contributed by atoms with Gasteiger partial charge in [-0.15, -0.1) is 70.3 Å². The first-order valence-corrected chi connectivity index (χ1v) is 23.4. The molecule has 0 saturated heterocycles. The van der Waals surface area contributed by atoms with Crippen LogP contribution in [0.2, 0.25) is 0 Å². The van der Waals surface area contributed by atoms with E-state index in [1.165, 1.54) is 34.1 Å². The number of ether oxygens (including phenoxy) is 2. The van der Waals surface area contributed by atoms with Crippen LogP contribution < -0.4 is 83.1 Å². The third kappa shape index (κ3) is 133. The largest absolute Gasteiger partial charge is 1.00 e. The smallest absolute Gasteiger partial charge is 1.00 e. The molecule has 2 unspecified atom stereocenters. The molecule has 0 fully saturated rings. The number of carbonyl (C=O) groups excluding carboxylic acids is 7. The molecule has 0 aliphatic carbocycles. The Kier molecular flexibility index (Phi) is 109. The Morgan fingerprint density at radius 2 is 0.800 bits per heavy atom. The summed E-state index contributed by atoms with van der Waals surface area (Å²) in [4.78, 5) is 73.6. The first kappa shape index (κ1) is 103. The van der Waals surface area contributed by atoms with Gasteiger partial charge >= 0.3 is 89.9 Å². The Hall–Kier alpha value is 0.767. The van der Waals surface area contributed by atoms with E-state index >= 15 is 0 Å². The monoisotopic (exact) mass is 1120 g/mol. The third-order valence-electron chi connectivity index (χ3n) is 5.26. The van der Waals surface area contributed by atoms with E-state index < -0.39 is 48.6 Å². The number of allylic oxidation sites excluding steroid dienone is 1. The molecule has 6 atom stereocenters. The molecule has 0 rings (SSSR count). The molecule has 6 N–H and O–H groups in total. The number of aliphatic hydroxyl groups excluding tert-OH is 6. The molecule has 0 aliphatic heterocycles. The fourth-order valence-corrected chi connectivity index (χ4v) is 3.70. The van der Waals surface area contributed by atoms with Gasteiger partial charge in [-0.25, -0.2) is 0 Å². The number of halogens is 5. The van der Waals surface area contributed by atoms with Gasteiger partial charge in [-0.05, 0) is 40.0 Å². The SMILES string of the molecule is C=C(C)[O-].CC(=O)CC(=O)CC(O)CCl.CC(=O)C[C@@H](O)C[C@H](O)CCl.CC(=O)C[C@H](O)C[C@H](O)CCl.CC(C)(C)C.CCC.CCOC(=O)CC(=O)CCl.CCOC(=O)CC(O)CCl.[B].[B].[H-].[H-].[Li+].[Na+].[Na+]. The molecule has 16 nitrogen and oxygen atoms in total. The molecule has 6 radical (unpaired) electrons. The second-order valence-corrected chi connectivity index (χ2v) is 17.0. The van der Waals surface area contributed by atoms with Crippen molar-refractivity contribution in [3.05, 3.63) is 12.3 Å². The third-order valence-corrected chi connectivity index (χ3v) is 6.98. The first-order chi connectivity index (χ1) is 29.7. The van der Waals surface area contributed by atoms with E-state index in [2.05, 4.69) is 57.6 Å². The van der Waals surface area contributed by atoms with E-state index in [4.69, 9.17) is 88.6 Å². The summed E-state index contributed by atoms with van der Waals surface area (Å²) in [7, 11) is 0. The van der Waals surface area contributed by atoms with E-state index in [9.17, 15) is 38.7 Å². The number of hydrogen-bond donors (Lipinski definition) is 6. The van der Waals surface area contributed by atoms with Gasteiger partial charge in [0.15, 0.2) is 5.78 Å². The van der Waals surface area contributed by atoms with E-state index in [1.807, 2.05) is 0 Å². The van der Waals surface area contributed by atoms with Gasteiger partial charge in [0, 0.05) is 72.5 Å². The molecule has 0 heterocycles. The Morgan fingerprint density at radius 3 is 1.03 bits per heavy atom. The molecule has 0 aromatic carbocycles. The minimum Gasteiger partial charge on any atom is -1.00 e. The van der Waals surface area contributed by atoms with Gasteiger partial charge in [0.25, 0.3) is 0 Å². The van der Waals surface area contributed by atoms with E-state index in [1.54, 1.807) is 13.8 Å². The second kappa shape index (κ2) is 74.0. The van der Waals surface area contributed by atoms with Crippen LogP contribution in [0.15, 0.2) is 12.3 Å². The molecule has 0 aromatic rings. The molecular weight excluding hydrogens is 1040 g/mol. The van der Waals surface area contributed by atoms with Crippen LogP contribution in [0.25, 0.3) is 0 Å². The van der Waals surface area contributed by atoms with Crippen molar-refractivity contribution in [2.24, 2.45) is 5.41 Å². The van der Waals surface area contributed by atoms with Crippen molar-refractivity contribution in [3.8, 4) is 0 Å². The summed E-state index contributed by atoms with van der Waals surface area (Å²) in [5.41, 5.74) is 0.500. The fraction of sp³-hybridized carbons (Fsp3) is 0.795. The second-order valence-electron chi connectivity index (χ2n) is 15.5. The zero-order chi connectivity index (χ0) is 53.3. The molecule has 0 bridgehead atoms. The Balaban J connectivity index is -0.0000000401. The van der Waals surface area contributed by atoms with Crippen LogP contribution in [0.5, 0.6) is 0 Å². The van der Waals surface area contributed by atoms with Crippen molar-refractivity contribution in [2.75, 3.05) is 42.6 Å². The summed E-state index contributed by atoms with van der Waals surface area (Å²) in [6.07, 6.45) is -3.14. The Labute approximate surface area is 508 Å². The summed E-state index contributed by atoms with van der Waals surface area (Å²) in [5.74, 6) is -1.75. The van der Waals surface area contributed by atoms with Crippen LogP contribution in [0.4, 0.5) is 0 Å². The average molecular weight is 1120 g/mol. The van der Waals surface area contributed by atoms with Crippen LogP contribution in [0, 0.1) is 5.41 Å². The van der Waals surface area contributed by atoms with Crippen LogP contribution in [-0.2, 0) is 43.0 Å². The number of rotatable bonds is 23. The average Bonchev–Trinajstić information content (AvgIpc) is 3.14. The summed E-state index contributed by atoms with van der Waals surface area (Å²) in [5, 5.41) is 63.1. The molecule has 0 saturated carbocycles. The minimum atomic E-state index is -0.816. The van der Waals surface area contributed by atoms with Crippen molar-refractivity contribution in [1.29, 1.82) is 0 Å². The molecule has 0 aliphatic rings.